The number of carboxylic acids is 1. The van der Waals surface area contributed by atoms with Crippen LogP contribution >= 0.6 is 23.2 Å². The first kappa shape index (κ1) is 22.7. The number of hydrogen-bond acceptors (Lipinski definition) is 4. The van der Waals surface area contributed by atoms with Gasteiger partial charge >= 0.3 is 5.97 Å². The van der Waals surface area contributed by atoms with E-state index in [-0.39, 0.29) is 23.1 Å². The normalized spacial score (nSPS) is 11.5. The Kier molecular flexibility index (Phi) is 6.02. The van der Waals surface area contributed by atoms with Gasteiger partial charge in [-0.25, -0.2) is 4.79 Å². The summed E-state index contributed by atoms with van der Waals surface area (Å²) >= 11 is 12.0. The van der Waals surface area contributed by atoms with Gasteiger partial charge in [0.1, 0.15) is 11.3 Å². The van der Waals surface area contributed by atoms with Crippen molar-refractivity contribution in [3.05, 3.63) is 63.3 Å². The fraction of sp³-hybridized carbons (Fsp3) is 0.227. The van der Waals surface area contributed by atoms with Gasteiger partial charge in [-0.05, 0) is 62.7 Å². The minimum absolute atomic E-state index is 0.0539. The van der Waals surface area contributed by atoms with Gasteiger partial charge in [0.15, 0.2) is 0 Å². The quantitative estimate of drug-likeness (QED) is 0.526. The molecule has 0 spiro atoms. The third kappa shape index (κ3) is 4.38. The number of nitrogens with one attached hydrogen (secondary N) is 1. The van der Waals surface area contributed by atoms with Crippen molar-refractivity contribution in [2.75, 3.05) is 0 Å². The van der Waals surface area contributed by atoms with Crippen LogP contribution in [0, 0.1) is 6.92 Å². The highest BCUT2D eigenvalue weighted by Gasteiger charge is 2.30. The highest BCUT2D eigenvalue weighted by molar-refractivity contribution is 6.33. The van der Waals surface area contributed by atoms with E-state index in [1.54, 1.807) is 31.2 Å². The maximum Gasteiger partial charge on any atom is 0.328 e. The van der Waals surface area contributed by atoms with Gasteiger partial charge in [0.25, 0.3) is 5.91 Å². The van der Waals surface area contributed by atoms with Crippen molar-refractivity contribution >= 4 is 51.9 Å². The number of carbonyl (C=O) groups is 3. The number of phenolic OH excluding ortho intramolecular Hbond substituents is 1. The highest BCUT2D eigenvalue weighted by atomic mass is 35.5. The van der Waals surface area contributed by atoms with Crippen molar-refractivity contribution < 1.29 is 24.6 Å². The average molecular weight is 463 g/mol. The number of benzene rings is 2. The molecule has 0 radical (unpaired) electrons. The van der Waals surface area contributed by atoms with E-state index in [1.165, 1.54) is 30.5 Å². The van der Waals surface area contributed by atoms with Gasteiger partial charge in [0.05, 0.1) is 17.0 Å². The van der Waals surface area contributed by atoms with Crippen LogP contribution < -0.4 is 5.32 Å². The number of fused-ring (bicyclic) bond motifs is 1. The molecule has 0 bridgehead atoms. The zero-order chi connectivity index (χ0) is 23.1. The number of aromatic hydroxyl groups is 1. The fourth-order valence-electron chi connectivity index (χ4n) is 3.30. The molecular formula is C22H20Cl2N2O5. The molecule has 0 saturated carbocycles. The van der Waals surface area contributed by atoms with Crippen molar-refractivity contribution in [1.29, 1.82) is 0 Å². The third-order valence-electron chi connectivity index (χ3n) is 5.02. The number of rotatable bonds is 5. The second kappa shape index (κ2) is 8.24. The van der Waals surface area contributed by atoms with E-state index in [1.807, 2.05) is 0 Å². The van der Waals surface area contributed by atoms with E-state index >= 15 is 0 Å². The number of aliphatic carboxylic acids is 1. The zero-order valence-electron chi connectivity index (χ0n) is 17.0. The van der Waals surface area contributed by atoms with Crippen molar-refractivity contribution in [2.24, 2.45) is 0 Å². The standard InChI is InChI=1S/C22H20Cl2N2O5/c1-11-14(9-19(28)25-22(2,3)21(30)31)15-8-18(27)16(24)10-17(15)26(11)20(29)12-4-6-13(23)7-5-12/h4-8,10,27H,9H2,1-3H3,(H,25,28)(H,30,31). The Hall–Kier alpha value is -3.03. The molecule has 0 aliphatic carbocycles. The number of hydrogen-bond donors (Lipinski definition) is 3. The number of aromatic nitrogens is 1. The summed E-state index contributed by atoms with van der Waals surface area (Å²) < 4.78 is 1.41. The summed E-state index contributed by atoms with van der Waals surface area (Å²) in [5.74, 6) is -2.28. The molecule has 9 heteroatoms. The predicted molar refractivity (Wildman–Crippen MR) is 118 cm³/mol. The third-order valence-corrected chi connectivity index (χ3v) is 5.58. The molecule has 1 aromatic heterocycles. The smallest absolute Gasteiger partial charge is 0.328 e. The van der Waals surface area contributed by atoms with Crippen LogP contribution in [0.1, 0.15) is 35.5 Å². The molecule has 0 atom stereocenters. The number of phenols is 1. The van der Waals surface area contributed by atoms with Gasteiger partial charge in [-0.15, -0.1) is 0 Å². The molecule has 2 aromatic carbocycles. The van der Waals surface area contributed by atoms with Gasteiger partial charge in [0.2, 0.25) is 5.91 Å². The van der Waals surface area contributed by atoms with Crippen LogP contribution in [0.2, 0.25) is 10.0 Å². The van der Waals surface area contributed by atoms with Crippen LogP contribution in [0.5, 0.6) is 5.75 Å². The Balaban J connectivity index is 2.12. The van der Waals surface area contributed by atoms with Crippen LogP contribution in [0.25, 0.3) is 10.9 Å². The second-order valence-electron chi connectivity index (χ2n) is 7.69. The van der Waals surface area contributed by atoms with Crippen molar-refractivity contribution in [1.82, 2.24) is 9.88 Å². The first-order chi connectivity index (χ1) is 14.4. The Morgan fingerprint density at radius 3 is 2.29 bits per heavy atom. The molecule has 1 amide bonds. The van der Waals surface area contributed by atoms with Crippen LogP contribution in [0.3, 0.4) is 0 Å². The van der Waals surface area contributed by atoms with Gasteiger partial charge in [-0.1, -0.05) is 23.2 Å². The molecule has 1 heterocycles. The Morgan fingerprint density at radius 2 is 1.71 bits per heavy atom. The SMILES string of the molecule is Cc1c(CC(=O)NC(C)(C)C(=O)O)c2cc(O)c(Cl)cc2n1C(=O)c1ccc(Cl)cc1. The lowest BCUT2D eigenvalue weighted by Crippen LogP contribution is -2.50. The lowest BCUT2D eigenvalue weighted by atomic mass is 10.0. The molecule has 7 nitrogen and oxygen atoms in total. The minimum Gasteiger partial charge on any atom is -0.506 e. The van der Waals surface area contributed by atoms with Crippen molar-refractivity contribution in [3.63, 3.8) is 0 Å². The second-order valence-corrected chi connectivity index (χ2v) is 8.53. The highest BCUT2D eigenvalue weighted by Crippen LogP contribution is 2.35. The average Bonchev–Trinajstić information content (AvgIpc) is 2.92. The number of halogens is 2. The Bertz CT molecular complexity index is 1210. The van der Waals surface area contributed by atoms with E-state index in [9.17, 15) is 24.6 Å². The van der Waals surface area contributed by atoms with E-state index in [0.717, 1.165) is 0 Å². The maximum atomic E-state index is 13.2. The van der Waals surface area contributed by atoms with Gasteiger partial charge in [-0.2, -0.15) is 0 Å². The minimum atomic E-state index is -1.46. The maximum absolute atomic E-state index is 13.2. The van der Waals surface area contributed by atoms with Crippen molar-refractivity contribution in [2.45, 2.75) is 32.7 Å². The van der Waals surface area contributed by atoms with Crippen LogP contribution in [-0.4, -0.2) is 38.1 Å². The summed E-state index contributed by atoms with van der Waals surface area (Å²) in [6.45, 7) is 4.42. The lowest BCUT2D eigenvalue weighted by molar-refractivity contribution is -0.145. The van der Waals surface area contributed by atoms with Crippen LogP contribution in [-0.2, 0) is 16.0 Å². The monoisotopic (exact) mass is 462 g/mol. The van der Waals surface area contributed by atoms with E-state index in [2.05, 4.69) is 5.32 Å². The summed E-state index contributed by atoms with van der Waals surface area (Å²) in [6.07, 6.45) is -0.193. The molecule has 0 unspecified atom stereocenters. The molecule has 3 rings (SSSR count). The zero-order valence-corrected chi connectivity index (χ0v) is 18.5. The topological polar surface area (TPSA) is 109 Å². The van der Waals surface area contributed by atoms with Crippen LogP contribution in [0.4, 0.5) is 0 Å². The number of amides is 1. The van der Waals surface area contributed by atoms with Crippen LogP contribution in [0.15, 0.2) is 36.4 Å². The number of carboxylic acid groups (broad SMARTS) is 1. The fourth-order valence-corrected chi connectivity index (χ4v) is 3.59. The lowest BCUT2D eigenvalue weighted by Gasteiger charge is -2.21. The summed E-state index contributed by atoms with van der Waals surface area (Å²) in [4.78, 5) is 37.2. The summed E-state index contributed by atoms with van der Waals surface area (Å²) in [5, 5.41) is 22.8. The first-order valence-electron chi connectivity index (χ1n) is 9.29. The van der Waals surface area contributed by atoms with E-state index in [0.29, 0.717) is 32.7 Å². The van der Waals surface area contributed by atoms with Gasteiger partial charge in [0, 0.05) is 21.7 Å². The molecular weight excluding hydrogens is 443 g/mol. The summed E-state index contributed by atoms with van der Waals surface area (Å²) in [5.41, 5.74) is 0.272. The van der Waals surface area contributed by atoms with E-state index < -0.39 is 17.4 Å². The number of nitrogens with zero attached hydrogens (tertiary/aromatic N) is 1. The van der Waals surface area contributed by atoms with Gasteiger partial charge in [-0.3, -0.25) is 14.2 Å². The predicted octanol–water partition coefficient (Wildman–Crippen LogP) is 4.17. The molecule has 0 saturated heterocycles. The van der Waals surface area contributed by atoms with E-state index in [4.69, 9.17) is 23.2 Å². The van der Waals surface area contributed by atoms with Crippen molar-refractivity contribution in [3.8, 4) is 5.75 Å². The molecule has 0 aliphatic rings. The largest absolute Gasteiger partial charge is 0.506 e. The summed E-state index contributed by atoms with van der Waals surface area (Å²) in [7, 11) is 0. The Morgan fingerprint density at radius 1 is 1.10 bits per heavy atom. The summed E-state index contributed by atoms with van der Waals surface area (Å²) in [6, 6.07) is 9.20. The Labute approximate surface area is 188 Å². The molecule has 0 aliphatic heterocycles. The number of carbonyl (C=O) groups excluding carboxylic acids is 2. The molecule has 3 N–H and O–H groups in total. The first-order valence-corrected chi connectivity index (χ1v) is 10.0. The molecule has 162 valence electrons. The van der Waals surface area contributed by atoms with Gasteiger partial charge < -0.3 is 15.5 Å². The molecule has 31 heavy (non-hydrogen) atoms. The molecule has 3 aromatic rings. The molecule has 0 fully saturated rings.